The van der Waals surface area contributed by atoms with Gasteiger partial charge in [-0.15, -0.1) is 6.58 Å². The second kappa shape index (κ2) is 6.89. The topological polar surface area (TPSA) is 47.0 Å². The predicted molar refractivity (Wildman–Crippen MR) is 70.6 cm³/mol. The number of allylic oxidation sites excluding steroid dienone is 1. The lowest BCUT2D eigenvalue weighted by Crippen LogP contribution is -2.06. The molecule has 1 rings (SSSR count). The first-order valence-electron chi connectivity index (χ1n) is 5.97. The summed E-state index contributed by atoms with van der Waals surface area (Å²) in [5, 5.41) is 3.02. The zero-order valence-corrected chi connectivity index (χ0v) is 10.9. The number of nitrogens with zero attached hydrogens (tertiary/aromatic N) is 2. The van der Waals surface area contributed by atoms with Crippen LogP contribution in [0.5, 0.6) is 5.88 Å². The Hall–Kier alpha value is -1.58. The number of hydrogen-bond acceptors (Lipinski definition) is 4. The molecule has 17 heavy (non-hydrogen) atoms. The lowest BCUT2D eigenvalue weighted by molar-refractivity contribution is 0.298. The van der Waals surface area contributed by atoms with Gasteiger partial charge in [0.25, 0.3) is 0 Å². The number of nitrogens with one attached hydrogen (secondary N) is 1. The average molecular weight is 235 g/mol. The summed E-state index contributed by atoms with van der Waals surface area (Å²) in [6.07, 6.45) is 3.81. The summed E-state index contributed by atoms with van der Waals surface area (Å²) in [6, 6.07) is 1.82. The van der Waals surface area contributed by atoms with Crippen molar-refractivity contribution in [2.45, 2.75) is 32.6 Å². The summed E-state index contributed by atoms with van der Waals surface area (Å²) in [4.78, 5) is 8.76. The maximum Gasteiger partial charge on any atom is 0.218 e. The Kier molecular flexibility index (Phi) is 5.46. The summed E-state index contributed by atoms with van der Waals surface area (Å²) in [5.41, 5.74) is 0. The van der Waals surface area contributed by atoms with E-state index in [9.17, 15) is 0 Å². The van der Waals surface area contributed by atoms with E-state index < -0.39 is 0 Å². The molecule has 1 aromatic heterocycles. The predicted octanol–water partition coefficient (Wildman–Crippen LogP) is 2.99. The lowest BCUT2D eigenvalue weighted by atomic mass is 10.2. The van der Waals surface area contributed by atoms with Crippen LogP contribution >= 0.6 is 0 Å². The van der Waals surface area contributed by atoms with E-state index in [-0.39, 0.29) is 0 Å². The monoisotopic (exact) mass is 235 g/mol. The first-order chi connectivity index (χ1) is 8.17. The van der Waals surface area contributed by atoms with Crippen LogP contribution < -0.4 is 10.1 Å². The van der Waals surface area contributed by atoms with Crippen molar-refractivity contribution in [3.05, 3.63) is 24.5 Å². The Morgan fingerprint density at radius 3 is 2.82 bits per heavy atom. The van der Waals surface area contributed by atoms with Crippen LogP contribution in [-0.4, -0.2) is 23.6 Å². The Morgan fingerprint density at radius 1 is 1.47 bits per heavy atom. The SMILES string of the molecule is C=CCCCOc1cc(NC)nc(C(C)C)n1. The molecular weight excluding hydrogens is 214 g/mol. The third kappa shape index (κ3) is 4.43. The van der Waals surface area contributed by atoms with E-state index in [1.54, 1.807) is 0 Å². The van der Waals surface area contributed by atoms with Crippen molar-refractivity contribution < 1.29 is 4.74 Å². The first-order valence-corrected chi connectivity index (χ1v) is 5.97. The van der Waals surface area contributed by atoms with Crippen LogP contribution in [0.3, 0.4) is 0 Å². The highest BCUT2D eigenvalue weighted by Crippen LogP contribution is 2.18. The molecule has 0 radical (unpaired) electrons. The van der Waals surface area contributed by atoms with E-state index in [0.29, 0.717) is 18.4 Å². The summed E-state index contributed by atoms with van der Waals surface area (Å²) in [6.45, 7) is 8.47. The van der Waals surface area contributed by atoms with Crippen LogP contribution in [0.2, 0.25) is 0 Å². The molecule has 94 valence electrons. The number of rotatable bonds is 7. The van der Waals surface area contributed by atoms with Crippen molar-refractivity contribution in [2.75, 3.05) is 19.0 Å². The van der Waals surface area contributed by atoms with Gasteiger partial charge < -0.3 is 10.1 Å². The second-order valence-corrected chi connectivity index (χ2v) is 4.13. The largest absolute Gasteiger partial charge is 0.478 e. The van der Waals surface area contributed by atoms with E-state index in [1.807, 2.05) is 19.2 Å². The minimum atomic E-state index is 0.291. The van der Waals surface area contributed by atoms with E-state index in [1.165, 1.54) is 0 Å². The van der Waals surface area contributed by atoms with Crippen molar-refractivity contribution >= 4 is 5.82 Å². The fourth-order valence-electron chi connectivity index (χ4n) is 1.31. The molecule has 0 aliphatic rings. The smallest absolute Gasteiger partial charge is 0.218 e. The van der Waals surface area contributed by atoms with E-state index in [2.05, 4.69) is 35.7 Å². The molecule has 0 aromatic carbocycles. The molecule has 0 amide bonds. The minimum Gasteiger partial charge on any atom is -0.478 e. The standard InChI is InChI=1S/C13H21N3O/c1-5-6-7-8-17-12-9-11(14-4)15-13(16-12)10(2)3/h5,9-10H,1,6-8H2,2-4H3,(H,14,15,16). The average Bonchev–Trinajstić information content (AvgIpc) is 2.34. The van der Waals surface area contributed by atoms with Gasteiger partial charge in [0.1, 0.15) is 11.6 Å². The molecule has 1 N–H and O–H groups in total. The summed E-state index contributed by atoms with van der Waals surface area (Å²) < 4.78 is 5.60. The van der Waals surface area contributed by atoms with Gasteiger partial charge in [-0.2, -0.15) is 4.98 Å². The molecule has 4 nitrogen and oxygen atoms in total. The lowest BCUT2D eigenvalue weighted by Gasteiger charge is -2.10. The van der Waals surface area contributed by atoms with Crippen molar-refractivity contribution in [1.82, 2.24) is 9.97 Å². The van der Waals surface area contributed by atoms with Crippen molar-refractivity contribution in [2.24, 2.45) is 0 Å². The van der Waals surface area contributed by atoms with Crippen LogP contribution in [0.1, 0.15) is 38.4 Å². The summed E-state index contributed by atoms with van der Waals surface area (Å²) in [5.74, 6) is 2.52. The number of ether oxygens (including phenoxy) is 1. The molecule has 0 unspecified atom stereocenters. The Balaban J connectivity index is 2.69. The van der Waals surface area contributed by atoms with Crippen LogP contribution in [0.4, 0.5) is 5.82 Å². The van der Waals surface area contributed by atoms with Gasteiger partial charge in [0.05, 0.1) is 6.61 Å². The fourth-order valence-corrected chi connectivity index (χ4v) is 1.31. The summed E-state index contributed by atoms with van der Waals surface area (Å²) >= 11 is 0. The molecule has 1 heterocycles. The van der Waals surface area contributed by atoms with Gasteiger partial charge in [0.15, 0.2) is 0 Å². The maximum absolute atomic E-state index is 5.60. The molecular formula is C13H21N3O. The molecule has 0 saturated heterocycles. The number of anilines is 1. The van der Waals surface area contributed by atoms with E-state index >= 15 is 0 Å². The molecule has 0 atom stereocenters. The van der Waals surface area contributed by atoms with Gasteiger partial charge in [-0.3, -0.25) is 0 Å². The van der Waals surface area contributed by atoms with Gasteiger partial charge in [-0.25, -0.2) is 4.98 Å². The molecule has 0 aliphatic heterocycles. The quantitative estimate of drug-likeness (QED) is 0.583. The van der Waals surface area contributed by atoms with Crippen molar-refractivity contribution in [1.29, 1.82) is 0 Å². The molecule has 1 aromatic rings. The minimum absolute atomic E-state index is 0.291. The fraction of sp³-hybridized carbons (Fsp3) is 0.538. The number of aromatic nitrogens is 2. The van der Waals surface area contributed by atoms with Gasteiger partial charge >= 0.3 is 0 Å². The van der Waals surface area contributed by atoms with Gasteiger partial charge in [-0.1, -0.05) is 19.9 Å². The zero-order valence-electron chi connectivity index (χ0n) is 10.9. The molecule has 0 bridgehead atoms. The van der Waals surface area contributed by atoms with Crippen LogP contribution in [0, 0.1) is 0 Å². The van der Waals surface area contributed by atoms with E-state index in [0.717, 1.165) is 24.5 Å². The third-order valence-corrected chi connectivity index (χ3v) is 2.30. The maximum atomic E-state index is 5.60. The molecule has 0 fully saturated rings. The van der Waals surface area contributed by atoms with Gasteiger partial charge in [-0.05, 0) is 12.8 Å². The number of hydrogen-bond donors (Lipinski definition) is 1. The highest BCUT2D eigenvalue weighted by atomic mass is 16.5. The van der Waals surface area contributed by atoms with Crippen molar-refractivity contribution in [3.63, 3.8) is 0 Å². The molecule has 4 heteroatoms. The summed E-state index contributed by atoms with van der Waals surface area (Å²) in [7, 11) is 1.84. The number of unbranched alkanes of at least 4 members (excludes halogenated alkanes) is 1. The van der Waals surface area contributed by atoms with Crippen LogP contribution in [0.25, 0.3) is 0 Å². The van der Waals surface area contributed by atoms with Crippen LogP contribution in [-0.2, 0) is 0 Å². The highest BCUT2D eigenvalue weighted by Gasteiger charge is 2.07. The normalized spacial score (nSPS) is 10.4. The Labute approximate surface area is 103 Å². The molecule has 0 saturated carbocycles. The Bertz CT molecular complexity index is 364. The van der Waals surface area contributed by atoms with Crippen molar-refractivity contribution in [3.8, 4) is 5.88 Å². The highest BCUT2D eigenvalue weighted by molar-refractivity contribution is 5.38. The second-order valence-electron chi connectivity index (χ2n) is 4.13. The first kappa shape index (κ1) is 13.5. The van der Waals surface area contributed by atoms with E-state index in [4.69, 9.17) is 4.74 Å². The molecule has 0 spiro atoms. The Morgan fingerprint density at radius 2 is 2.24 bits per heavy atom. The van der Waals surface area contributed by atoms with Crippen LogP contribution in [0.15, 0.2) is 18.7 Å². The van der Waals surface area contributed by atoms with Gasteiger partial charge in [0, 0.05) is 19.0 Å². The van der Waals surface area contributed by atoms with Gasteiger partial charge in [0.2, 0.25) is 5.88 Å². The zero-order chi connectivity index (χ0) is 12.7. The molecule has 0 aliphatic carbocycles. The third-order valence-electron chi connectivity index (χ3n) is 2.30.